The molecule has 1 aromatic rings. The van der Waals surface area contributed by atoms with Crippen molar-refractivity contribution in [2.24, 2.45) is 5.73 Å². The lowest BCUT2D eigenvalue weighted by atomic mass is 10.1. The van der Waals surface area contributed by atoms with Gasteiger partial charge in [-0.3, -0.25) is 4.79 Å². The Hall–Kier alpha value is -1.55. The van der Waals surface area contributed by atoms with Crippen LogP contribution in [-0.2, 0) is 9.53 Å². The lowest BCUT2D eigenvalue weighted by molar-refractivity contribution is -0.128. The summed E-state index contributed by atoms with van der Waals surface area (Å²) in [6.07, 6.45) is 4.40. The van der Waals surface area contributed by atoms with Crippen molar-refractivity contribution in [2.45, 2.75) is 37.9 Å². The Balaban J connectivity index is 2.02. The van der Waals surface area contributed by atoms with Crippen molar-refractivity contribution in [3.05, 3.63) is 29.8 Å². The van der Waals surface area contributed by atoms with Gasteiger partial charge in [0.1, 0.15) is 5.75 Å². The highest BCUT2D eigenvalue weighted by Crippen LogP contribution is 2.25. The molecule has 0 aromatic heterocycles. The third kappa shape index (κ3) is 3.01. The molecule has 0 spiro atoms. The van der Waals surface area contributed by atoms with Crippen LogP contribution in [0.3, 0.4) is 0 Å². The molecule has 2 N–H and O–H groups in total. The number of carbonyl (C=O) groups is 1. The van der Waals surface area contributed by atoms with Gasteiger partial charge in [0.15, 0.2) is 6.10 Å². The molecule has 0 heterocycles. The SMILES string of the molecule is COC(C(N)=O)c1ccc(OC2CCCC2)cc1. The molecule has 0 saturated heterocycles. The number of hydrogen-bond acceptors (Lipinski definition) is 3. The number of amides is 1. The van der Waals surface area contributed by atoms with E-state index in [-0.39, 0.29) is 0 Å². The lowest BCUT2D eigenvalue weighted by Crippen LogP contribution is -2.22. The number of rotatable bonds is 5. The van der Waals surface area contributed by atoms with E-state index in [4.69, 9.17) is 15.2 Å². The molecule has 1 saturated carbocycles. The van der Waals surface area contributed by atoms with E-state index in [0.717, 1.165) is 24.2 Å². The van der Waals surface area contributed by atoms with Crippen LogP contribution in [0.5, 0.6) is 5.75 Å². The molecule has 0 aliphatic heterocycles. The quantitative estimate of drug-likeness (QED) is 0.870. The van der Waals surface area contributed by atoms with Gasteiger partial charge < -0.3 is 15.2 Å². The van der Waals surface area contributed by atoms with E-state index >= 15 is 0 Å². The number of ether oxygens (including phenoxy) is 2. The Morgan fingerprint density at radius 3 is 2.39 bits per heavy atom. The van der Waals surface area contributed by atoms with Crippen LogP contribution in [0.15, 0.2) is 24.3 Å². The molecule has 0 bridgehead atoms. The van der Waals surface area contributed by atoms with E-state index in [1.807, 2.05) is 24.3 Å². The predicted octanol–water partition coefficient (Wildman–Crippen LogP) is 2.18. The van der Waals surface area contributed by atoms with Gasteiger partial charge in [-0.2, -0.15) is 0 Å². The first-order valence-corrected chi connectivity index (χ1v) is 6.29. The van der Waals surface area contributed by atoms with Crippen molar-refractivity contribution in [1.82, 2.24) is 0 Å². The predicted molar refractivity (Wildman–Crippen MR) is 68.3 cm³/mol. The monoisotopic (exact) mass is 249 g/mol. The average Bonchev–Trinajstić information content (AvgIpc) is 2.84. The fourth-order valence-electron chi connectivity index (χ4n) is 2.34. The summed E-state index contributed by atoms with van der Waals surface area (Å²) >= 11 is 0. The Morgan fingerprint density at radius 2 is 1.89 bits per heavy atom. The van der Waals surface area contributed by atoms with Gasteiger partial charge in [-0.05, 0) is 43.4 Å². The first-order valence-electron chi connectivity index (χ1n) is 6.29. The third-order valence-corrected chi connectivity index (χ3v) is 3.28. The summed E-state index contributed by atoms with van der Waals surface area (Å²) in [6.45, 7) is 0. The molecule has 1 aliphatic rings. The van der Waals surface area contributed by atoms with Gasteiger partial charge in [0, 0.05) is 7.11 Å². The van der Waals surface area contributed by atoms with Gasteiger partial charge in [-0.25, -0.2) is 0 Å². The van der Waals surface area contributed by atoms with Crippen LogP contribution in [0.25, 0.3) is 0 Å². The van der Waals surface area contributed by atoms with Gasteiger partial charge in [0.05, 0.1) is 6.10 Å². The fraction of sp³-hybridized carbons (Fsp3) is 0.500. The minimum absolute atomic E-state index is 0.338. The van der Waals surface area contributed by atoms with Crippen LogP contribution < -0.4 is 10.5 Å². The van der Waals surface area contributed by atoms with Crippen molar-refractivity contribution in [1.29, 1.82) is 0 Å². The first kappa shape index (κ1) is 12.9. The summed E-state index contributed by atoms with van der Waals surface area (Å²) < 4.78 is 10.9. The highest BCUT2D eigenvalue weighted by atomic mass is 16.5. The number of methoxy groups -OCH3 is 1. The van der Waals surface area contributed by atoms with E-state index in [1.165, 1.54) is 20.0 Å². The van der Waals surface area contributed by atoms with Crippen LogP contribution in [0, 0.1) is 0 Å². The molecule has 1 aromatic carbocycles. The van der Waals surface area contributed by atoms with E-state index in [2.05, 4.69) is 0 Å². The minimum atomic E-state index is -0.689. The van der Waals surface area contributed by atoms with Crippen LogP contribution in [0.1, 0.15) is 37.4 Å². The van der Waals surface area contributed by atoms with Crippen molar-refractivity contribution in [3.63, 3.8) is 0 Å². The molecular weight excluding hydrogens is 230 g/mol. The third-order valence-electron chi connectivity index (χ3n) is 3.28. The molecule has 0 radical (unpaired) electrons. The maximum Gasteiger partial charge on any atom is 0.251 e. The largest absolute Gasteiger partial charge is 0.490 e. The van der Waals surface area contributed by atoms with Gasteiger partial charge in [0.25, 0.3) is 5.91 Å². The second-order valence-corrected chi connectivity index (χ2v) is 4.61. The molecule has 4 heteroatoms. The van der Waals surface area contributed by atoms with Gasteiger partial charge in [-0.15, -0.1) is 0 Å². The standard InChI is InChI=1S/C14H19NO3/c1-17-13(14(15)16)10-6-8-12(9-7-10)18-11-4-2-3-5-11/h6-9,11,13H,2-5H2,1H3,(H2,15,16). The molecular formula is C14H19NO3. The molecule has 2 rings (SSSR count). The van der Waals surface area contributed by atoms with Gasteiger partial charge >= 0.3 is 0 Å². The van der Waals surface area contributed by atoms with E-state index < -0.39 is 12.0 Å². The Labute approximate surface area is 107 Å². The summed E-state index contributed by atoms with van der Waals surface area (Å²) in [5.41, 5.74) is 6.01. The first-order chi connectivity index (χ1) is 8.70. The molecule has 98 valence electrons. The van der Waals surface area contributed by atoms with Crippen molar-refractivity contribution in [2.75, 3.05) is 7.11 Å². The summed E-state index contributed by atoms with van der Waals surface area (Å²) in [7, 11) is 1.47. The van der Waals surface area contributed by atoms with Crippen LogP contribution in [0.2, 0.25) is 0 Å². The average molecular weight is 249 g/mol. The van der Waals surface area contributed by atoms with Gasteiger partial charge in [0.2, 0.25) is 0 Å². The van der Waals surface area contributed by atoms with E-state index in [0.29, 0.717) is 6.10 Å². The maximum atomic E-state index is 11.2. The molecule has 1 amide bonds. The zero-order chi connectivity index (χ0) is 13.0. The van der Waals surface area contributed by atoms with Crippen LogP contribution in [0.4, 0.5) is 0 Å². The topological polar surface area (TPSA) is 61.5 Å². The van der Waals surface area contributed by atoms with Gasteiger partial charge in [-0.1, -0.05) is 12.1 Å². The van der Waals surface area contributed by atoms with Crippen molar-refractivity contribution < 1.29 is 14.3 Å². The maximum absolute atomic E-state index is 11.2. The highest BCUT2D eigenvalue weighted by Gasteiger charge is 2.18. The smallest absolute Gasteiger partial charge is 0.251 e. The summed E-state index contributed by atoms with van der Waals surface area (Å²) in [6, 6.07) is 7.37. The number of hydrogen-bond donors (Lipinski definition) is 1. The summed E-state index contributed by atoms with van der Waals surface area (Å²) in [5.74, 6) is 0.354. The fourth-order valence-corrected chi connectivity index (χ4v) is 2.34. The molecule has 18 heavy (non-hydrogen) atoms. The van der Waals surface area contributed by atoms with Crippen LogP contribution in [-0.4, -0.2) is 19.1 Å². The summed E-state index contributed by atoms with van der Waals surface area (Å²) in [4.78, 5) is 11.2. The molecule has 1 fully saturated rings. The van der Waals surface area contributed by atoms with E-state index in [1.54, 1.807) is 0 Å². The highest BCUT2D eigenvalue weighted by molar-refractivity contribution is 5.80. The second-order valence-electron chi connectivity index (χ2n) is 4.61. The molecule has 1 aliphatic carbocycles. The minimum Gasteiger partial charge on any atom is -0.490 e. The van der Waals surface area contributed by atoms with Crippen molar-refractivity contribution in [3.8, 4) is 5.75 Å². The van der Waals surface area contributed by atoms with Crippen LogP contribution >= 0.6 is 0 Å². The molecule has 4 nitrogen and oxygen atoms in total. The number of benzene rings is 1. The molecule has 1 atom stereocenters. The number of carbonyl (C=O) groups excluding carboxylic acids is 1. The van der Waals surface area contributed by atoms with E-state index in [9.17, 15) is 4.79 Å². The normalized spacial score (nSPS) is 17.6. The number of nitrogens with two attached hydrogens (primary N) is 1. The zero-order valence-corrected chi connectivity index (χ0v) is 10.6. The Kier molecular flexibility index (Phi) is 4.20. The second kappa shape index (κ2) is 5.87. The Morgan fingerprint density at radius 1 is 1.28 bits per heavy atom. The Bertz CT molecular complexity index is 396. The molecule has 1 unspecified atom stereocenters. The lowest BCUT2D eigenvalue weighted by Gasteiger charge is -2.15. The summed E-state index contributed by atoms with van der Waals surface area (Å²) in [5, 5.41) is 0. The zero-order valence-electron chi connectivity index (χ0n) is 10.6. The van der Waals surface area contributed by atoms with Crippen molar-refractivity contribution >= 4 is 5.91 Å². The number of primary amides is 1.